The summed E-state index contributed by atoms with van der Waals surface area (Å²) in [6.07, 6.45) is 7.36. The van der Waals surface area contributed by atoms with Crippen LogP contribution in [0.2, 0.25) is 5.02 Å². The molecule has 0 spiro atoms. The van der Waals surface area contributed by atoms with Gasteiger partial charge in [0.15, 0.2) is 0 Å². The van der Waals surface area contributed by atoms with Crippen LogP contribution in [0.4, 0.5) is 5.69 Å². The number of carbonyl (C=O) groups excluding carboxylic acids is 1. The summed E-state index contributed by atoms with van der Waals surface area (Å²) in [6.45, 7) is 11.8. The van der Waals surface area contributed by atoms with Crippen LogP contribution < -0.4 is 15.8 Å². The van der Waals surface area contributed by atoms with Gasteiger partial charge in [-0.1, -0.05) is 61.2 Å². The first-order chi connectivity index (χ1) is 17.9. The zero-order valence-corrected chi connectivity index (χ0v) is 23.7. The molecule has 1 fully saturated rings. The van der Waals surface area contributed by atoms with Crippen molar-refractivity contribution < 1.29 is 9.53 Å². The van der Waals surface area contributed by atoms with Gasteiger partial charge in [-0.25, -0.2) is 0 Å². The Balaban J connectivity index is 1.26. The number of carbonyl (C=O) groups is 1. The van der Waals surface area contributed by atoms with Crippen molar-refractivity contribution >= 4 is 23.2 Å². The number of nitrogen functional groups attached to an aromatic ring is 1. The van der Waals surface area contributed by atoms with Crippen molar-refractivity contribution in [1.29, 1.82) is 0 Å². The lowest BCUT2D eigenvalue weighted by Crippen LogP contribution is -2.39. The predicted octanol–water partition coefficient (Wildman–Crippen LogP) is 5.76. The van der Waals surface area contributed by atoms with E-state index in [4.69, 9.17) is 22.1 Å². The number of anilines is 1. The van der Waals surface area contributed by atoms with Gasteiger partial charge in [0, 0.05) is 19.2 Å². The molecule has 37 heavy (non-hydrogen) atoms. The predicted molar refractivity (Wildman–Crippen MR) is 155 cm³/mol. The molecule has 2 aromatic carbocycles. The number of nitrogens with zero attached hydrogens (tertiary/aromatic N) is 2. The monoisotopic (exact) mass is 528 g/mol. The molecule has 0 saturated carbocycles. The van der Waals surface area contributed by atoms with Crippen LogP contribution in [0.3, 0.4) is 0 Å². The Morgan fingerprint density at radius 2 is 1.84 bits per heavy atom. The van der Waals surface area contributed by atoms with E-state index in [0.717, 1.165) is 39.0 Å². The molecule has 7 heteroatoms. The van der Waals surface area contributed by atoms with Crippen LogP contribution in [0.1, 0.15) is 66.9 Å². The van der Waals surface area contributed by atoms with Gasteiger partial charge >= 0.3 is 0 Å². The zero-order chi connectivity index (χ0) is 26.6. The summed E-state index contributed by atoms with van der Waals surface area (Å²) >= 11 is 6.11. The highest BCUT2D eigenvalue weighted by Gasteiger charge is 2.21. The number of ether oxygens (including phenoxy) is 1. The Labute approximate surface area is 228 Å². The minimum atomic E-state index is -0.165. The second-order valence-electron chi connectivity index (χ2n) is 10.3. The second-order valence-corrected chi connectivity index (χ2v) is 10.7. The molecule has 6 nitrogen and oxygen atoms in total. The van der Waals surface area contributed by atoms with Gasteiger partial charge in [-0.05, 0) is 82.9 Å². The summed E-state index contributed by atoms with van der Waals surface area (Å²) in [7, 11) is 1.53. The van der Waals surface area contributed by atoms with Crippen molar-refractivity contribution in [3.05, 3.63) is 58.1 Å². The van der Waals surface area contributed by atoms with Gasteiger partial charge in [0.05, 0.1) is 23.4 Å². The minimum Gasteiger partial charge on any atom is -0.496 e. The first-order valence-corrected chi connectivity index (χ1v) is 14.2. The number of hydrogen-bond donors (Lipinski definition) is 2. The molecule has 1 saturated heterocycles. The fourth-order valence-corrected chi connectivity index (χ4v) is 5.15. The van der Waals surface area contributed by atoms with Crippen molar-refractivity contribution in [3.8, 4) is 5.75 Å². The fourth-order valence-electron chi connectivity index (χ4n) is 4.99. The number of hydrogen-bond acceptors (Lipinski definition) is 5. The number of nitrogens with two attached hydrogens (primary N) is 1. The molecular weight excluding hydrogens is 484 g/mol. The molecule has 0 unspecified atom stereocenters. The normalized spacial score (nSPS) is 14.7. The number of aryl methyl sites for hydroxylation is 1. The number of nitrogens with one attached hydrogen (secondary N) is 1. The quantitative estimate of drug-likeness (QED) is 0.241. The summed E-state index contributed by atoms with van der Waals surface area (Å²) in [5, 5.41) is 3.43. The molecule has 0 bridgehead atoms. The van der Waals surface area contributed by atoms with Crippen molar-refractivity contribution in [1.82, 2.24) is 15.1 Å². The lowest BCUT2D eigenvalue weighted by molar-refractivity contribution is 0.0933. The highest BCUT2D eigenvalue weighted by Crippen LogP contribution is 2.29. The van der Waals surface area contributed by atoms with Gasteiger partial charge in [0.25, 0.3) is 5.91 Å². The smallest absolute Gasteiger partial charge is 0.255 e. The largest absolute Gasteiger partial charge is 0.496 e. The Morgan fingerprint density at radius 1 is 1.14 bits per heavy atom. The van der Waals surface area contributed by atoms with E-state index >= 15 is 0 Å². The van der Waals surface area contributed by atoms with Gasteiger partial charge in [-0.2, -0.15) is 0 Å². The van der Waals surface area contributed by atoms with E-state index in [1.165, 1.54) is 57.0 Å². The summed E-state index contributed by atoms with van der Waals surface area (Å²) < 4.78 is 5.31. The number of methoxy groups -OCH3 is 1. The summed E-state index contributed by atoms with van der Waals surface area (Å²) in [6, 6.07) is 12.1. The average molecular weight is 529 g/mol. The molecule has 1 amide bonds. The third kappa shape index (κ3) is 9.51. The number of unbranched alkanes of at least 4 members (excludes halogenated alkanes) is 3. The number of amides is 1. The van der Waals surface area contributed by atoms with Crippen LogP contribution in [0.25, 0.3) is 0 Å². The van der Waals surface area contributed by atoms with E-state index in [1.54, 1.807) is 12.1 Å². The maximum absolute atomic E-state index is 12.7. The SMILES string of the molecule is CCN(CCCCCCN1CCC(CNC(=O)c2cc(Cl)c(N)cc2OC)CC1)Cc1ccc(C)cc1. The van der Waals surface area contributed by atoms with Gasteiger partial charge in [0.2, 0.25) is 0 Å². The average Bonchev–Trinajstić information content (AvgIpc) is 2.91. The third-order valence-electron chi connectivity index (χ3n) is 7.49. The molecule has 3 N–H and O–H groups in total. The highest BCUT2D eigenvalue weighted by molar-refractivity contribution is 6.33. The first kappa shape index (κ1) is 29.3. The fraction of sp³-hybridized carbons (Fsp3) is 0.567. The van der Waals surface area contributed by atoms with Gasteiger partial charge in [-0.15, -0.1) is 0 Å². The molecular formula is C30H45ClN4O2. The van der Waals surface area contributed by atoms with Crippen molar-refractivity contribution in [2.45, 2.75) is 58.9 Å². The van der Waals surface area contributed by atoms with Crippen LogP contribution in [0.5, 0.6) is 5.75 Å². The van der Waals surface area contributed by atoms with Crippen molar-refractivity contribution in [3.63, 3.8) is 0 Å². The Bertz CT molecular complexity index is 974. The molecule has 3 rings (SSSR count). The van der Waals surface area contributed by atoms with E-state index in [2.05, 4.69) is 53.2 Å². The molecule has 1 aliphatic heterocycles. The van der Waals surface area contributed by atoms with Crippen molar-refractivity contribution in [2.24, 2.45) is 5.92 Å². The number of piperidine rings is 1. The van der Waals surface area contributed by atoms with Crippen LogP contribution in [-0.4, -0.2) is 62.1 Å². The maximum atomic E-state index is 12.7. The number of benzene rings is 2. The molecule has 1 aliphatic rings. The zero-order valence-electron chi connectivity index (χ0n) is 22.9. The molecule has 1 heterocycles. The number of likely N-dealkylation sites (tertiary alicyclic amines) is 1. The molecule has 0 aliphatic carbocycles. The lowest BCUT2D eigenvalue weighted by atomic mass is 9.96. The van der Waals surface area contributed by atoms with E-state index in [9.17, 15) is 4.79 Å². The maximum Gasteiger partial charge on any atom is 0.255 e. The Hall–Kier alpha value is -2.28. The molecule has 2 aromatic rings. The number of halogens is 1. The van der Waals surface area contributed by atoms with E-state index in [-0.39, 0.29) is 5.91 Å². The Kier molecular flexibility index (Phi) is 12.0. The van der Waals surface area contributed by atoms with Gasteiger partial charge < -0.3 is 20.7 Å². The molecule has 0 radical (unpaired) electrons. The van der Waals surface area contributed by atoms with Crippen LogP contribution >= 0.6 is 11.6 Å². The van der Waals surface area contributed by atoms with Crippen molar-refractivity contribution in [2.75, 3.05) is 52.1 Å². The summed E-state index contributed by atoms with van der Waals surface area (Å²) in [5.41, 5.74) is 9.39. The lowest BCUT2D eigenvalue weighted by Gasteiger charge is -2.32. The van der Waals surface area contributed by atoms with Crippen LogP contribution in [0.15, 0.2) is 36.4 Å². The van der Waals surface area contributed by atoms with E-state index in [1.807, 2.05) is 0 Å². The third-order valence-corrected chi connectivity index (χ3v) is 7.82. The first-order valence-electron chi connectivity index (χ1n) is 13.8. The molecule has 204 valence electrons. The molecule has 0 atom stereocenters. The molecule has 0 aromatic heterocycles. The minimum absolute atomic E-state index is 0.165. The Morgan fingerprint density at radius 3 is 2.51 bits per heavy atom. The summed E-state index contributed by atoms with van der Waals surface area (Å²) in [4.78, 5) is 17.8. The van der Waals surface area contributed by atoms with E-state index < -0.39 is 0 Å². The second kappa shape index (κ2) is 15.2. The van der Waals surface area contributed by atoms with Crippen LogP contribution in [-0.2, 0) is 6.54 Å². The van der Waals surface area contributed by atoms with E-state index in [0.29, 0.717) is 34.5 Å². The topological polar surface area (TPSA) is 70.8 Å². The van der Waals surface area contributed by atoms with Gasteiger partial charge in [-0.3, -0.25) is 9.69 Å². The summed E-state index contributed by atoms with van der Waals surface area (Å²) in [5.74, 6) is 0.786. The van der Waals surface area contributed by atoms with Crippen LogP contribution in [0, 0.1) is 12.8 Å². The highest BCUT2D eigenvalue weighted by atomic mass is 35.5. The number of rotatable bonds is 14. The van der Waals surface area contributed by atoms with Gasteiger partial charge in [0.1, 0.15) is 5.75 Å². The standard InChI is InChI=1S/C30H45ClN4O2/c1-4-34(22-25-11-9-23(2)10-12-25)15-7-5-6-8-16-35-17-13-24(14-18-35)21-33-30(36)26-19-27(31)28(32)20-29(26)37-3/h9-12,19-20,24H,4-8,13-18,21-22,32H2,1-3H3,(H,33,36).